The van der Waals surface area contributed by atoms with Crippen molar-refractivity contribution in [1.82, 2.24) is 9.97 Å². The molecule has 3 N–H and O–H groups in total. The fourth-order valence-corrected chi connectivity index (χ4v) is 3.01. The third kappa shape index (κ3) is 4.30. The van der Waals surface area contributed by atoms with Crippen molar-refractivity contribution in [2.75, 3.05) is 23.7 Å². The minimum atomic E-state index is -0.578. The maximum Gasteiger partial charge on any atom is 0.134 e. The maximum atomic E-state index is 10.6. The molecule has 2 rings (SSSR count). The molecule has 1 heterocycles. The summed E-state index contributed by atoms with van der Waals surface area (Å²) in [7, 11) is 0. The highest BCUT2D eigenvalue weighted by atomic mass is 16.3. The predicted octanol–water partition coefficient (Wildman–Crippen LogP) is 2.97. The number of nitrogens with one attached hydrogen (secondary N) is 2. The van der Waals surface area contributed by atoms with E-state index in [0.717, 1.165) is 62.3 Å². The Morgan fingerprint density at radius 1 is 1.10 bits per heavy atom. The first kappa shape index (κ1) is 16.0. The summed E-state index contributed by atoms with van der Waals surface area (Å²) >= 11 is 0. The fraction of sp³-hybridized carbons (Fsp3) is 0.750. The van der Waals surface area contributed by atoms with Gasteiger partial charge >= 0.3 is 0 Å². The van der Waals surface area contributed by atoms with Crippen molar-refractivity contribution >= 4 is 11.6 Å². The molecule has 118 valence electrons. The number of hydrogen-bond donors (Lipinski definition) is 3. The highest BCUT2D eigenvalue weighted by Gasteiger charge is 2.29. The quantitative estimate of drug-likeness (QED) is 0.721. The molecule has 0 aromatic carbocycles. The van der Waals surface area contributed by atoms with Crippen molar-refractivity contribution in [3.8, 4) is 0 Å². The molecular weight excluding hydrogens is 264 g/mol. The second-order valence-corrected chi connectivity index (χ2v) is 5.97. The van der Waals surface area contributed by atoms with Crippen LogP contribution in [0.5, 0.6) is 0 Å². The van der Waals surface area contributed by atoms with Crippen LogP contribution in [0.4, 0.5) is 11.6 Å². The fourth-order valence-electron chi connectivity index (χ4n) is 3.01. The zero-order chi connectivity index (χ0) is 15.1. The highest BCUT2D eigenvalue weighted by Crippen LogP contribution is 2.29. The molecule has 0 amide bonds. The van der Waals surface area contributed by atoms with Crippen LogP contribution in [0.15, 0.2) is 6.33 Å². The summed E-state index contributed by atoms with van der Waals surface area (Å²) < 4.78 is 0. The second-order valence-electron chi connectivity index (χ2n) is 5.97. The first-order chi connectivity index (χ1) is 10.2. The molecule has 1 fully saturated rings. The van der Waals surface area contributed by atoms with Crippen LogP contribution in [0, 0.1) is 0 Å². The molecule has 1 aliphatic carbocycles. The Kier molecular flexibility index (Phi) is 5.79. The van der Waals surface area contributed by atoms with E-state index in [2.05, 4.69) is 34.4 Å². The summed E-state index contributed by atoms with van der Waals surface area (Å²) in [6.07, 6.45) is 8.81. The lowest BCUT2D eigenvalue weighted by molar-refractivity contribution is 0.0166. The van der Waals surface area contributed by atoms with Crippen LogP contribution < -0.4 is 10.6 Å². The first-order valence-electron chi connectivity index (χ1n) is 8.22. The first-order valence-corrected chi connectivity index (χ1v) is 8.22. The van der Waals surface area contributed by atoms with E-state index in [4.69, 9.17) is 0 Å². The van der Waals surface area contributed by atoms with Gasteiger partial charge in [-0.3, -0.25) is 0 Å². The van der Waals surface area contributed by atoms with E-state index in [1.54, 1.807) is 6.33 Å². The highest BCUT2D eigenvalue weighted by molar-refractivity contribution is 5.57. The van der Waals surface area contributed by atoms with Gasteiger partial charge in [0, 0.05) is 18.7 Å². The summed E-state index contributed by atoms with van der Waals surface area (Å²) in [5, 5.41) is 17.3. The van der Waals surface area contributed by atoms with Gasteiger partial charge in [-0.2, -0.15) is 0 Å². The van der Waals surface area contributed by atoms with Crippen LogP contribution in [0.2, 0.25) is 0 Å². The van der Waals surface area contributed by atoms with E-state index >= 15 is 0 Å². The van der Waals surface area contributed by atoms with Gasteiger partial charge < -0.3 is 15.7 Å². The standard InChI is InChI=1S/C16H28N4O/c1-3-8-13-14(17-4-2)19-12-20-15(13)18-11-16(21)9-6-5-7-10-16/h12,21H,3-11H2,1-2H3,(H2,17,18,19,20). The Hall–Kier alpha value is -1.36. The topological polar surface area (TPSA) is 70.1 Å². The number of anilines is 2. The molecule has 0 unspecified atom stereocenters. The number of rotatable bonds is 7. The Labute approximate surface area is 127 Å². The van der Waals surface area contributed by atoms with Crippen LogP contribution in [0.1, 0.15) is 57.9 Å². The van der Waals surface area contributed by atoms with Crippen LogP contribution in [-0.4, -0.2) is 33.8 Å². The van der Waals surface area contributed by atoms with Gasteiger partial charge in [0.15, 0.2) is 0 Å². The number of hydrogen-bond acceptors (Lipinski definition) is 5. The van der Waals surface area contributed by atoms with Crippen LogP contribution in [0.25, 0.3) is 0 Å². The molecule has 1 saturated carbocycles. The van der Waals surface area contributed by atoms with E-state index in [1.807, 2.05) is 0 Å². The zero-order valence-corrected chi connectivity index (χ0v) is 13.3. The minimum Gasteiger partial charge on any atom is -0.388 e. The van der Waals surface area contributed by atoms with Crippen molar-refractivity contribution < 1.29 is 5.11 Å². The van der Waals surface area contributed by atoms with E-state index < -0.39 is 5.60 Å². The van der Waals surface area contributed by atoms with Gasteiger partial charge in [-0.25, -0.2) is 9.97 Å². The van der Waals surface area contributed by atoms with Crippen molar-refractivity contribution in [2.45, 2.75) is 64.4 Å². The lowest BCUT2D eigenvalue weighted by atomic mass is 9.85. The van der Waals surface area contributed by atoms with Crippen molar-refractivity contribution in [1.29, 1.82) is 0 Å². The summed E-state index contributed by atoms with van der Waals surface area (Å²) in [6.45, 7) is 5.64. The van der Waals surface area contributed by atoms with Crippen LogP contribution >= 0.6 is 0 Å². The Morgan fingerprint density at radius 3 is 2.38 bits per heavy atom. The molecule has 5 heteroatoms. The van der Waals surface area contributed by atoms with Crippen LogP contribution in [0.3, 0.4) is 0 Å². The molecule has 0 bridgehead atoms. The number of nitrogens with zero attached hydrogens (tertiary/aromatic N) is 2. The van der Waals surface area contributed by atoms with Gasteiger partial charge in [-0.15, -0.1) is 0 Å². The average Bonchev–Trinajstić information content (AvgIpc) is 2.49. The molecule has 0 radical (unpaired) electrons. The Bertz CT molecular complexity index is 444. The molecule has 0 saturated heterocycles. The molecule has 0 spiro atoms. The van der Waals surface area contributed by atoms with Gasteiger partial charge in [0.05, 0.1) is 5.60 Å². The molecule has 0 atom stereocenters. The third-order valence-corrected chi connectivity index (χ3v) is 4.16. The third-order valence-electron chi connectivity index (χ3n) is 4.16. The van der Waals surface area contributed by atoms with Crippen molar-refractivity contribution in [3.63, 3.8) is 0 Å². The number of aromatic nitrogens is 2. The largest absolute Gasteiger partial charge is 0.388 e. The maximum absolute atomic E-state index is 10.6. The van der Waals surface area contributed by atoms with Crippen molar-refractivity contribution in [2.24, 2.45) is 0 Å². The molecule has 1 aromatic heterocycles. The molecule has 1 aliphatic rings. The lowest BCUT2D eigenvalue weighted by Gasteiger charge is -2.32. The van der Waals surface area contributed by atoms with Crippen LogP contribution in [-0.2, 0) is 6.42 Å². The average molecular weight is 292 g/mol. The molecule has 21 heavy (non-hydrogen) atoms. The minimum absolute atomic E-state index is 0.576. The normalized spacial score (nSPS) is 17.5. The second kappa shape index (κ2) is 7.59. The predicted molar refractivity (Wildman–Crippen MR) is 86.7 cm³/mol. The SMILES string of the molecule is CCCc1c(NCC)ncnc1NCC1(O)CCCCC1. The molecule has 5 nitrogen and oxygen atoms in total. The van der Waals surface area contributed by atoms with Gasteiger partial charge in [-0.1, -0.05) is 32.6 Å². The van der Waals surface area contributed by atoms with Gasteiger partial charge in [0.25, 0.3) is 0 Å². The zero-order valence-electron chi connectivity index (χ0n) is 13.3. The van der Waals surface area contributed by atoms with E-state index in [0.29, 0.717) is 6.54 Å². The summed E-state index contributed by atoms with van der Waals surface area (Å²) in [6, 6.07) is 0. The molecule has 1 aromatic rings. The Balaban J connectivity index is 2.09. The summed E-state index contributed by atoms with van der Waals surface area (Å²) in [5.41, 5.74) is 0.548. The van der Waals surface area contributed by atoms with E-state index in [1.165, 1.54) is 6.42 Å². The molecule has 0 aliphatic heterocycles. The van der Waals surface area contributed by atoms with Crippen molar-refractivity contribution in [3.05, 3.63) is 11.9 Å². The summed E-state index contributed by atoms with van der Waals surface area (Å²) in [5.74, 6) is 1.77. The number of aliphatic hydroxyl groups is 1. The van der Waals surface area contributed by atoms with Gasteiger partial charge in [0.1, 0.15) is 18.0 Å². The summed E-state index contributed by atoms with van der Waals surface area (Å²) in [4.78, 5) is 8.72. The van der Waals surface area contributed by atoms with Gasteiger partial charge in [0.2, 0.25) is 0 Å². The Morgan fingerprint density at radius 2 is 1.76 bits per heavy atom. The smallest absolute Gasteiger partial charge is 0.134 e. The molecular formula is C16H28N4O. The van der Waals surface area contributed by atoms with E-state index in [9.17, 15) is 5.11 Å². The van der Waals surface area contributed by atoms with Gasteiger partial charge in [-0.05, 0) is 26.2 Å². The van der Waals surface area contributed by atoms with E-state index in [-0.39, 0.29) is 0 Å². The monoisotopic (exact) mass is 292 g/mol. The lowest BCUT2D eigenvalue weighted by Crippen LogP contribution is -2.39.